The summed E-state index contributed by atoms with van der Waals surface area (Å²) in [6.45, 7) is 2.07. The van der Waals surface area contributed by atoms with Crippen molar-refractivity contribution >= 4 is 21.6 Å². The van der Waals surface area contributed by atoms with Crippen LogP contribution in [0.1, 0.15) is 18.5 Å². The number of benzene rings is 2. The summed E-state index contributed by atoms with van der Waals surface area (Å²) >= 11 is 0. The van der Waals surface area contributed by atoms with Crippen LogP contribution in [0.4, 0.5) is 5.69 Å². The summed E-state index contributed by atoms with van der Waals surface area (Å²) in [6, 6.07) is 14.9. The number of nitrogens with two attached hydrogens (primary N) is 2. The predicted molar refractivity (Wildman–Crippen MR) is 102 cm³/mol. The molecule has 0 spiro atoms. The Morgan fingerprint density at radius 3 is 2.46 bits per heavy atom. The smallest absolute Gasteiger partial charge is 0.240 e. The first-order chi connectivity index (χ1) is 12.3. The molecule has 26 heavy (non-hydrogen) atoms. The van der Waals surface area contributed by atoms with Gasteiger partial charge in [0.1, 0.15) is 0 Å². The van der Waals surface area contributed by atoms with Gasteiger partial charge in [-0.25, -0.2) is 13.1 Å². The molecule has 0 aliphatic heterocycles. The third-order valence-electron chi connectivity index (χ3n) is 3.99. The van der Waals surface area contributed by atoms with Gasteiger partial charge < -0.3 is 16.8 Å². The lowest BCUT2D eigenvalue weighted by atomic mass is 9.94. The Hall–Kier alpha value is -2.26. The number of anilines is 1. The molecule has 0 radical (unpaired) electrons. The van der Waals surface area contributed by atoms with Gasteiger partial charge in [0.2, 0.25) is 15.9 Å². The first kappa shape index (κ1) is 20.1. The van der Waals surface area contributed by atoms with Crippen LogP contribution in [-0.2, 0) is 14.8 Å². The Morgan fingerprint density at radius 2 is 1.81 bits per heavy atom. The van der Waals surface area contributed by atoms with Gasteiger partial charge in [-0.15, -0.1) is 0 Å². The van der Waals surface area contributed by atoms with Crippen LogP contribution in [0.5, 0.6) is 0 Å². The minimum Gasteiger partial charge on any atom is -0.329 e. The fourth-order valence-electron chi connectivity index (χ4n) is 2.40. The number of nitrogens with one attached hydrogen (secondary N) is 2. The Balaban J connectivity index is 2.10. The van der Waals surface area contributed by atoms with Crippen molar-refractivity contribution in [2.75, 3.05) is 18.4 Å². The molecule has 0 heterocycles. The Bertz CT molecular complexity index is 841. The van der Waals surface area contributed by atoms with Crippen LogP contribution in [0.2, 0.25) is 0 Å². The summed E-state index contributed by atoms with van der Waals surface area (Å²) in [5.41, 5.74) is 12.7. The molecule has 2 atom stereocenters. The molecule has 0 saturated carbocycles. The summed E-state index contributed by atoms with van der Waals surface area (Å²) < 4.78 is 26.7. The highest BCUT2D eigenvalue weighted by Gasteiger charge is 2.22. The summed E-state index contributed by atoms with van der Waals surface area (Å²) in [7, 11) is -3.67. The highest BCUT2D eigenvalue weighted by atomic mass is 32.2. The van der Waals surface area contributed by atoms with Gasteiger partial charge in [0, 0.05) is 24.8 Å². The van der Waals surface area contributed by atoms with Crippen molar-refractivity contribution in [2.24, 2.45) is 17.4 Å². The van der Waals surface area contributed by atoms with E-state index in [1.165, 1.54) is 12.1 Å². The monoisotopic (exact) mass is 376 g/mol. The molecule has 2 rings (SSSR count). The van der Waals surface area contributed by atoms with Gasteiger partial charge in [-0.2, -0.15) is 0 Å². The molecule has 6 N–H and O–H groups in total. The van der Waals surface area contributed by atoms with E-state index < -0.39 is 22.0 Å². The lowest BCUT2D eigenvalue weighted by Gasteiger charge is -2.20. The molecular weight excluding hydrogens is 352 g/mol. The maximum atomic E-state index is 12.5. The molecule has 1 amide bonds. The van der Waals surface area contributed by atoms with Crippen molar-refractivity contribution in [1.29, 1.82) is 0 Å². The van der Waals surface area contributed by atoms with Crippen LogP contribution < -0.4 is 21.5 Å². The fraction of sp³-hybridized carbons (Fsp3) is 0.278. The molecule has 2 aromatic carbocycles. The zero-order valence-corrected chi connectivity index (χ0v) is 15.4. The second-order valence-electron chi connectivity index (χ2n) is 5.93. The average molecular weight is 376 g/mol. The minimum absolute atomic E-state index is 0.0590. The molecule has 8 heteroatoms. The number of hydrogen-bond donors (Lipinski definition) is 4. The molecule has 0 bridgehead atoms. The van der Waals surface area contributed by atoms with Crippen LogP contribution in [0, 0.1) is 5.92 Å². The van der Waals surface area contributed by atoms with Gasteiger partial charge in [-0.3, -0.25) is 4.79 Å². The van der Waals surface area contributed by atoms with E-state index in [-0.39, 0.29) is 23.9 Å². The Kier molecular flexibility index (Phi) is 6.87. The van der Waals surface area contributed by atoms with Gasteiger partial charge in [-0.1, -0.05) is 43.3 Å². The largest absolute Gasteiger partial charge is 0.329 e. The fourth-order valence-corrected chi connectivity index (χ4v) is 3.49. The van der Waals surface area contributed by atoms with E-state index in [1.807, 2.05) is 30.3 Å². The molecule has 2 aromatic rings. The van der Waals surface area contributed by atoms with E-state index in [2.05, 4.69) is 10.0 Å². The van der Waals surface area contributed by atoms with Crippen LogP contribution >= 0.6 is 0 Å². The normalized spacial score (nSPS) is 13.8. The highest BCUT2D eigenvalue weighted by Crippen LogP contribution is 2.22. The number of hydrogen-bond acceptors (Lipinski definition) is 5. The second-order valence-corrected chi connectivity index (χ2v) is 7.70. The predicted octanol–water partition coefficient (Wildman–Crippen LogP) is 1.20. The number of amides is 1. The molecular formula is C18H24N4O3S. The van der Waals surface area contributed by atoms with Crippen molar-refractivity contribution in [3.63, 3.8) is 0 Å². The number of carbonyl (C=O) groups excluding carboxylic acids is 1. The van der Waals surface area contributed by atoms with Gasteiger partial charge >= 0.3 is 0 Å². The molecule has 0 aromatic heterocycles. The van der Waals surface area contributed by atoms with E-state index in [4.69, 9.17) is 11.5 Å². The standard InChI is InChI=1S/C18H24N4O3S/c1-13(17(20)14-6-3-2-4-7-14)18(23)22-15-8-5-9-16(12-15)26(24,25)21-11-10-19/h2-9,12-13,17,21H,10-11,19-20H2,1H3,(H,22,23). The number of sulfonamides is 1. The second kappa shape index (κ2) is 8.91. The molecule has 2 unspecified atom stereocenters. The molecule has 0 aliphatic rings. The summed E-state index contributed by atoms with van der Waals surface area (Å²) in [6.07, 6.45) is 0. The molecule has 0 aliphatic carbocycles. The van der Waals surface area contributed by atoms with Crippen molar-refractivity contribution in [3.05, 3.63) is 60.2 Å². The number of rotatable bonds is 8. The number of carbonyl (C=O) groups is 1. The van der Waals surface area contributed by atoms with Crippen molar-refractivity contribution in [3.8, 4) is 0 Å². The average Bonchev–Trinajstić information content (AvgIpc) is 2.66. The minimum atomic E-state index is -3.67. The van der Waals surface area contributed by atoms with Gasteiger partial charge in [0.05, 0.1) is 10.8 Å². The van der Waals surface area contributed by atoms with Crippen molar-refractivity contribution < 1.29 is 13.2 Å². The SMILES string of the molecule is CC(C(=O)Nc1cccc(S(=O)(=O)NCCN)c1)C(N)c1ccccc1. The van der Waals surface area contributed by atoms with E-state index >= 15 is 0 Å². The first-order valence-corrected chi connectivity index (χ1v) is 9.74. The summed E-state index contributed by atoms with van der Waals surface area (Å²) in [5.74, 6) is -0.779. The zero-order valence-electron chi connectivity index (χ0n) is 14.6. The third-order valence-corrected chi connectivity index (χ3v) is 5.44. The maximum Gasteiger partial charge on any atom is 0.240 e. The quantitative estimate of drug-likeness (QED) is 0.550. The van der Waals surface area contributed by atoms with E-state index in [1.54, 1.807) is 19.1 Å². The Labute approximate surface area is 153 Å². The van der Waals surface area contributed by atoms with E-state index in [0.29, 0.717) is 5.69 Å². The zero-order chi connectivity index (χ0) is 19.2. The Morgan fingerprint density at radius 1 is 1.12 bits per heavy atom. The van der Waals surface area contributed by atoms with E-state index in [0.717, 1.165) is 5.56 Å². The van der Waals surface area contributed by atoms with Crippen LogP contribution in [0.25, 0.3) is 0 Å². The molecule has 0 saturated heterocycles. The molecule has 7 nitrogen and oxygen atoms in total. The van der Waals surface area contributed by atoms with Crippen LogP contribution in [0.15, 0.2) is 59.5 Å². The summed E-state index contributed by atoms with van der Waals surface area (Å²) in [5, 5.41) is 2.73. The van der Waals surface area contributed by atoms with Gasteiger partial charge in [-0.05, 0) is 23.8 Å². The van der Waals surface area contributed by atoms with E-state index in [9.17, 15) is 13.2 Å². The molecule has 140 valence electrons. The molecule has 0 fully saturated rings. The van der Waals surface area contributed by atoms with Gasteiger partial charge in [0.15, 0.2) is 0 Å². The third kappa shape index (κ3) is 5.12. The van der Waals surface area contributed by atoms with Gasteiger partial charge in [0.25, 0.3) is 0 Å². The lowest BCUT2D eigenvalue weighted by Crippen LogP contribution is -2.31. The topological polar surface area (TPSA) is 127 Å². The van der Waals surface area contributed by atoms with Crippen LogP contribution in [0.3, 0.4) is 0 Å². The maximum absolute atomic E-state index is 12.5. The summed E-state index contributed by atoms with van der Waals surface area (Å²) in [4.78, 5) is 12.5. The highest BCUT2D eigenvalue weighted by molar-refractivity contribution is 7.89. The first-order valence-electron chi connectivity index (χ1n) is 8.26. The van der Waals surface area contributed by atoms with Crippen LogP contribution in [-0.4, -0.2) is 27.4 Å². The van der Waals surface area contributed by atoms with Crippen molar-refractivity contribution in [2.45, 2.75) is 17.9 Å². The van der Waals surface area contributed by atoms with Crippen molar-refractivity contribution in [1.82, 2.24) is 4.72 Å². The lowest BCUT2D eigenvalue weighted by molar-refractivity contribution is -0.120.